The molecule has 0 saturated heterocycles. The molecule has 0 aliphatic heterocycles. The molecule has 3 nitrogen and oxygen atoms in total. The molecule has 0 saturated carbocycles. The fourth-order valence-electron chi connectivity index (χ4n) is 2.95. The van der Waals surface area contributed by atoms with E-state index in [1.165, 1.54) is 11.1 Å². The molecule has 0 unspecified atom stereocenters. The second-order valence-electron chi connectivity index (χ2n) is 5.54. The van der Waals surface area contributed by atoms with E-state index in [2.05, 4.69) is 29.6 Å². The van der Waals surface area contributed by atoms with Gasteiger partial charge in [0.25, 0.3) is 0 Å². The summed E-state index contributed by atoms with van der Waals surface area (Å²) in [5.41, 5.74) is 8.15. The first-order valence-corrected chi connectivity index (χ1v) is 7.23. The third-order valence-corrected chi connectivity index (χ3v) is 4.61. The molecule has 3 heteroatoms. The Balaban J connectivity index is 2.02. The number of hydrogen-bond acceptors (Lipinski definition) is 2. The summed E-state index contributed by atoms with van der Waals surface area (Å²) in [6.45, 7) is 4.50. The third kappa shape index (κ3) is 2.66. The van der Waals surface area contributed by atoms with E-state index < -0.39 is 5.41 Å². The van der Waals surface area contributed by atoms with Gasteiger partial charge < -0.3 is 11.1 Å². The van der Waals surface area contributed by atoms with Crippen LogP contribution in [0.25, 0.3) is 0 Å². The summed E-state index contributed by atoms with van der Waals surface area (Å²) >= 11 is 0. The second kappa shape index (κ2) is 5.74. The van der Waals surface area contributed by atoms with Gasteiger partial charge in [-0.25, -0.2) is 0 Å². The van der Waals surface area contributed by atoms with E-state index in [4.69, 9.17) is 5.73 Å². The van der Waals surface area contributed by atoms with E-state index in [0.29, 0.717) is 6.54 Å². The summed E-state index contributed by atoms with van der Waals surface area (Å²) in [5, 5.41) is 3.20. The lowest BCUT2D eigenvalue weighted by Crippen LogP contribution is -2.49. The van der Waals surface area contributed by atoms with Gasteiger partial charge in [0.15, 0.2) is 0 Å². The van der Waals surface area contributed by atoms with Gasteiger partial charge in [-0.1, -0.05) is 38.1 Å². The Morgan fingerprint density at radius 2 is 1.79 bits per heavy atom. The molecule has 1 aliphatic carbocycles. The monoisotopic (exact) mass is 260 g/mol. The third-order valence-electron chi connectivity index (χ3n) is 4.61. The van der Waals surface area contributed by atoms with Crippen LogP contribution in [-0.2, 0) is 17.6 Å². The highest BCUT2D eigenvalue weighted by Crippen LogP contribution is 2.27. The number of amides is 1. The quantitative estimate of drug-likeness (QED) is 0.851. The Bertz CT molecular complexity index is 419. The SMILES string of the molecule is CCC(CC)(CN)C(=O)NC1Cc2ccccc2C1. The van der Waals surface area contributed by atoms with E-state index in [0.717, 1.165) is 25.7 Å². The molecule has 0 bridgehead atoms. The Morgan fingerprint density at radius 1 is 1.26 bits per heavy atom. The van der Waals surface area contributed by atoms with Crippen LogP contribution < -0.4 is 11.1 Å². The van der Waals surface area contributed by atoms with Crippen molar-refractivity contribution in [2.45, 2.75) is 45.6 Å². The topological polar surface area (TPSA) is 55.1 Å². The first kappa shape index (κ1) is 14.1. The van der Waals surface area contributed by atoms with Crippen LogP contribution in [0.2, 0.25) is 0 Å². The van der Waals surface area contributed by atoms with Gasteiger partial charge in [-0.15, -0.1) is 0 Å². The number of nitrogens with two attached hydrogens (primary N) is 1. The molecule has 0 aromatic heterocycles. The summed E-state index contributed by atoms with van der Waals surface area (Å²) in [6.07, 6.45) is 3.48. The fraction of sp³-hybridized carbons (Fsp3) is 0.562. The lowest BCUT2D eigenvalue weighted by Gasteiger charge is -2.30. The Morgan fingerprint density at radius 3 is 2.21 bits per heavy atom. The maximum atomic E-state index is 12.5. The molecule has 3 N–H and O–H groups in total. The van der Waals surface area contributed by atoms with Gasteiger partial charge in [-0.3, -0.25) is 4.79 Å². The van der Waals surface area contributed by atoms with E-state index in [1.54, 1.807) is 0 Å². The Labute approximate surface area is 115 Å². The van der Waals surface area contributed by atoms with Crippen LogP contribution in [0.5, 0.6) is 0 Å². The maximum Gasteiger partial charge on any atom is 0.227 e. The highest BCUT2D eigenvalue weighted by molar-refractivity contribution is 5.83. The van der Waals surface area contributed by atoms with Crippen LogP contribution in [0.1, 0.15) is 37.8 Å². The molecule has 0 atom stereocenters. The highest BCUT2D eigenvalue weighted by Gasteiger charge is 2.35. The van der Waals surface area contributed by atoms with Crippen LogP contribution >= 0.6 is 0 Å². The predicted molar refractivity (Wildman–Crippen MR) is 77.9 cm³/mol. The van der Waals surface area contributed by atoms with Gasteiger partial charge in [-0.05, 0) is 36.8 Å². The van der Waals surface area contributed by atoms with Crippen molar-refractivity contribution in [2.24, 2.45) is 11.1 Å². The minimum absolute atomic E-state index is 0.123. The zero-order chi connectivity index (χ0) is 13.9. The maximum absolute atomic E-state index is 12.5. The van der Waals surface area contributed by atoms with Crippen molar-refractivity contribution in [3.05, 3.63) is 35.4 Å². The van der Waals surface area contributed by atoms with E-state index in [-0.39, 0.29) is 11.9 Å². The number of benzene rings is 1. The molecule has 1 aromatic carbocycles. The highest BCUT2D eigenvalue weighted by atomic mass is 16.2. The zero-order valence-corrected chi connectivity index (χ0v) is 11.9. The van der Waals surface area contributed by atoms with Crippen LogP contribution in [0.4, 0.5) is 0 Å². The molecule has 1 amide bonds. The smallest absolute Gasteiger partial charge is 0.227 e. The van der Waals surface area contributed by atoms with Gasteiger partial charge in [-0.2, -0.15) is 0 Å². The Kier molecular flexibility index (Phi) is 4.25. The van der Waals surface area contributed by atoms with Crippen molar-refractivity contribution < 1.29 is 4.79 Å². The normalized spacial score (nSPS) is 15.3. The standard InChI is InChI=1S/C16H24N2O/c1-3-16(4-2,11-17)15(19)18-14-9-12-7-5-6-8-13(12)10-14/h5-8,14H,3-4,9-11,17H2,1-2H3,(H,18,19). The summed E-state index contributed by atoms with van der Waals surface area (Å²) in [6, 6.07) is 8.65. The molecular formula is C16H24N2O. The Hall–Kier alpha value is -1.35. The largest absolute Gasteiger partial charge is 0.352 e. The number of fused-ring (bicyclic) bond motifs is 1. The minimum atomic E-state index is -0.394. The van der Waals surface area contributed by atoms with Crippen LogP contribution in [-0.4, -0.2) is 18.5 Å². The first-order valence-electron chi connectivity index (χ1n) is 7.23. The zero-order valence-electron chi connectivity index (χ0n) is 11.9. The predicted octanol–water partition coefficient (Wildman–Crippen LogP) is 2.04. The van der Waals surface area contributed by atoms with Crippen molar-refractivity contribution >= 4 is 5.91 Å². The minimum Gasteiger partial charge on any atom is -0.352 e. The molecule has 2 rings (SSSR count). The number of rotatable bonds is 5. The lowest BCUT2D eigenvalue weighted by atomic mass is 9.81. The summed E-state index contributed by atoms with van der Waals surface area (Å²) in [4.78, 5) is 12.5. The molecule has 0 radical (unpaired) electrons. The molecule has 1 aliphatic rings. The second-order valence-corrected chi connectivity index (χ2v) is 5.54. The van der Waals surface area contributed by atoms with Gasteiger partial charge in [0.05, 0.1) is 5.41 Å². The first-order chi connectivity index (χ1) is 9.15. The molecule has 104 valence electrons. The van der Waals surface area contributed by atoms with Crippen molar-refractivity contribution in [1.29, 1.82) is 0 Å². The molecule has 0 fully saturated rings. The van der Waals surface area contributed by atoms with E-state index >= 15 is 0 Å². The summed E-state index contributed by atoms with van der Waals surface area (Å²) < 4.78 is 0. The number of hydrogen-bond donors (Lipinski definition) is 2. The number of nitrogens with one attached hydrogen (secondary N) is 1. The number of carbonyl (C=O) groups is 1. The molecule has 0 spiro atoms. The van der Waals surface area contributed by atoms with Gasteiger partial charge >= 0.3 is 0 Å². The summed E-state index contributed by atoms with van der Waals surface area (Å²) in [7, 11) is 0. The average Bonchev–Trinajstić information content (AvgIpc) is 2.83. The average molecular weight is 260 g/mol. The van der Waals surface area contributed by atoms with Gasteiger partial charge in [0.2, 0.25) is 5.91 Å². The van der Waals surface area contributed by atoms with Crippen molar-refractivity contribution in [3.8, 4) is 0 Å². The molecule has 19 heavy (non-hydrogen) atoms. The van der Waals surface area contributed by atoms with Crippen LogP contribution in [0.15, 0.2) is 24.3 Å². The van der Waals surface area contributed by atoms with E-state index in [1.807, 2.05) is 13.8 Å². The van der Waals surface area contributed by atoms with E-state index in [9.17, 15) is 4.79 Å². The molecule has 1 aromatic rings. The van der Waals surface area contributed by atoms with Crippen molar-refractivity contribution in [1.82, 2.24) is 5.32 Å². The van der Waals surface area contributed by atoms with Crippen LogP contribution in [0.3, 0.4) is 0 Å². The van der Waals surface area contributed by atoms with Crippen LogP contribution in [0, 0.1) is 5.41 Å². The number of carbonyl (C=O) groups excluding carboxylic acids is 1. The fourth-order valence-corrected chi connectivity index (χ4v) is 2.95. The molecule has 0 heterocycles. The van der Waals surface area contributed by atoms with Crippen molar-refractivity contribution in [3.63, 3.8) is 0 Å². The van der Waals surface area contributed by atoms with Gasteiger partial charge in [0.1, 0.15) is 0 Å². The van der Waals surface area contributed by atoms with Crippen molar-refractivity contribution in [2.75, 3.05) is 6.54 Å². The molecular weight excluding hydrogens is 236 g/mol. The summed E-state index contributed by atoms with van der Waals surface area (Å²) in [5.74, 6) is 0.123. The lowest BCUT2D eigenvalue weighted by molar-refractivity contribution is -0.131. The van der Waals surface area contributed by atoms with Gasteiger partial charge in [0, 0.05) is 12.6 Å².